The molecule has 0 aliphatic carbocycles. The van der Waals surface area contributed by atoms with Gasteiger partial charge in [0, 0.05) is 18.9 Å². The summed E-state index contributed by atoms with van der Waals surface area (Å²) >= 11 is 0. The number of imidazole rings is 1. The van der Waals surface area contributed by atoms with Crippen LogP contribution in [0.25, 0.3) is 0 Å². The third-order valence-electron chi connectivity index (χ3n) is 3.50. The van der Waals surface area contributed by atoms with E-state index < -0.39 is 0 Å². The fraction of sp³-hybridized carbons (Fsp3) is 0.375. The normalized spacial score (nSPS) is 13.8. The molecule has 1 aromatic heterocycles. The summed E-state index contributed by atoms with van der Waals surface area (Å²) in [5.74, 6) is 0.907. The molecule has 0 unspecified atom stereocenters. The molecule has 20 heavy (non-hydrogen) atoms. The Morgan fingerprint density at radius 2 is 2.00 bits per heavy atom. The molecule has 0 saturated carbocycles. The van der Waals surface area contributed by atoms with Crippen LogP contribution in [0, 0.1) is 12.8 Å². The summed E-state index contributed by atoms with van der Waals surface area (Å²) in [5, 5.41) is 3.06. The highest BCUT2D eigenvalue weighted by Crippen LogP contribution is 2.13. The predicted molar refractivity (Wildman–Crippen MR) is 79.1 cm³/mol. The smallest absolute Gasteiger partial charge is 0.225 e. The van der Waals surface area contributed by atoms with E-state index in [1.54, 1.807) is 6.20 Å². The van der Waals surface area contributed by atoms with Crippen LogP contribution in [0.2, 0.25) is 0 Å². The van der Waals surface area contributed by atoms with Crippen LogP contribution in [0.5, 0.6) is 0 Å². The average molecular weight is 271 g/mol. The number of carbonyl (C=O) groups excluding carboxylic acids is 1. The highest BCUT2D eigenvalue weighted by Gasteiger charge is 2.17. The zero-order valence-corrected chi connectivity index (χ0v) is 12.2. The van der Waals surface area contributed by atoms with Crippen molar-refractivity contribution in [1.82, 2.24) is 14.9 Å². The Morgan fingerprint density at radius 3 is 2.60 bits per heavy atom. The average Bonchev–Trinajstić information content (AvgIpc) is 2.85. The Hall–Kier alpha value is -2.10. The Balaban J connectivity index is 1.93. The predicted octanol–water partition coefficient (Wildman–Crippen LogP) is 2.71. The quantitative estimate of drug-likeness (QED) is 0.909. The van der Waals surface area contributed by atoms with Gasteiger partial charge in [0.2, 0.25) is 5.91 Å². The molecule has 2 atom stereocenters. The topological polar surface area (TPSA) is 46.9 Å². The Bertz CT molecular complexity index is 562. The molecule has 106 valence electrons. The van der Waals surface area contributed by atoms with Crippen molar-refractivity contribution in [2.75, 3.05) is 0 Å². The molecule has 4 nitrogen and oxygen atoms in total. The molecule has 4 heteroatoms. The highest BCUT2D eigenvalue weighted by atomic mass is 16.1. The van der Waals surface area contributed by atoms with Crippen LogP contribution < -0.4 is 5.32 Å². The number of benzene rings is 1. The SMILES string of the molecule is Cc1nccn1C[C@@H](C)C(=O)N[C@@H](C)c1ccccc1. The molecule has 1 aromatic carbocycles. The largest absolute Gasteiger partial charge is 0.349 e. The lowest BCUT2D eigenvalue weighted by Gasteiger charge is -2.18. The van der Waals surface area contributed by atoms with Crippen LogP contribution in [0.3, 0.4) is 0 Å². The van der Waals surface area contributed by atoms with Crippen molar-refractivity contribution in [2.45, 2.75) is 33.4 Å². The van der Waals surface area contributed by atoms with Gasteiger partial charge in [0.1, 0.15) is 5.82 Å². The van der Waals surface area contributed by atoms with Gasteiger partial charge in [-0.05, 0) is 19.4 Å². The van der Waals surface area contributed by atoms with Gasteiger partial charge in [0.25, 0.3) is 0 Å². The van der Waals surface area contributed by atoms with Crippen molar-refractivity contribution in [3.05, 3.63) is 54.1 Å². The maximum Gasteiger partial charge on any atom is 0.225 e. The molecule has 1 heterocycles. The lowest BCUT2D eigenvalue weighted by molar-refractivity contribution is -0.125. The van der Waals surface area contributed by atoms with Gasteiger partial charge in [0.05, 0.1) is 12.0 Å². The molecule has 0 fully saturated rings. The zero-order valence-electron chi connectivity index (χ0n) is 12.2. The van der Waals surface area contributed by atoms with E-state index in [1.807, 2.05) is 61.9 Å². The molecule has 2 rings (SSSR count). The summed E-state index contributed by atoms with van der Waals surface area (Å²) in [7, 11) is 0. The monoisotopic (exact) mass is 271 g/mol. The number of nitrogens with zero attached hydrogens (tertiary/aromatic N) is 2. The second-order valence-corrected chi connectivity index (χ2v) is 5.17. The van der Waals surface area contributed by atoms with Crippen molar-refractivity contribution >= 4 is 5.91 Å². The van der Waals surface area contributed by atoms with Crippen LogP contribution in [0.1, 0.15) is 31.3 Å². The fourth-order valence-corrected chi connectivity index (χ4v) is 2.16. The van der Waals surface area contributed by atoms with E-state index in [9.17, 15) is 4.79 Å². The summed E-state index contributed by atoms with van der Waals surface area (Å²) in [6, 6.07) is 10.0. The molecule has 0 aliphatic heterocycles. The van der Waals surface area contributed by atoms with Crippen molar-refractivity contribution < 1.29 is 4.79 Å². The molecular formula is C16H21N3O. The lowest BCUT2D eigenvalue weighted by Crippen LogP contribution is -2.33. The van der Waals surface area contributed by atoms with Crippen molar-refractivity contribution in [1.29, 1.82) is 0 Å². The van der Waals surface area contributed by atoms with Gasteiger partial charge in [0.15, 0.2) is 0 Å². The van der Waals surface area contributed by atoms with Gasteiger partial charge < -0.3 is 9.88 Å². The van der Waals surface area contributed by atoms with Crippen LogP contribution in [0.4, 0.5) is 0 Å². The zero-order chi connectivity index (χ0) is 14.5. The Labute approximate surface area is 119 Å². The minimum atomic E-state index is -0.0888. The van der Waals surface area contributed by atoms with E-state index in [2.05, 4.69) is 10.3 Å². The van der Waals surface area contributed by atoms with Crippen molar-refractivity contribution in [2.24, 2.45) is 5.92 Å². The van der Waals surface area contributed by atoms with Crippen LogP contribution in [-0.2, 0) is 11.3 Å². The third-order valence-corrected chi connectivity index (χ3v) is 3.50. The molecule has 0 spiro atoms. The first-order valence-corrected chi connectivity index (χ1v) is 6.91. The summed E-state index contributed by atoms with van der Waals surface area (Å²) in [6.45, 7) is 6.53. The van der Waals surface area contributed by atoms with Gasteiger partial charge in [-0.3, -0.25) is 4.79 Å². The van der Waals surface area contributed by atoms with E-state index in [0.717, 1.165) is 11.4 Å². The number of rotatable bonds is 5. The summed E-state index contributed by atoms with van der Waals surface area (Å²) in [5.41, 5.74) is 1.12. The molecule has 0 aliphatic rings. The second-order valence-electron chi connectivity index (χ2n) is 5.17. The molecular weight excluding hydrogens is 250 g/mol. The minimum Gasteiger partial charge on any atom is -0.349 e. The molecule has 0 saturated heterocycles. The van der Waals surface area contributed by atoms with Crippen molar-refractivity contribution in [3.8, 4) is 0 Å². The summed E-state index contributed by atoms with van der Waals surface area (Å²) in [6.07, 6.45) is 3.66. The number of aryl methyl sites for hydroxylation is 1. The first-order valence-electron chi connectivity index (χ1n) is 6.91. The number of nitrogens with one attached hydrogen (secondary N) is 1. The van der Waals surface area contributed by atoms with Crippen molar-refractivity contribution in [3.63, 3.8) is 0 Å². The first kappa shape index (κ1) is 14.3. The molecule has 1 N–H and O–H groups in total. The number of aromatic nitrogens is 2. The first-order chi connectivity index (χ1) is 9.58. The Morgan fingerprint density at radius 1 is 1.30 bits per heavy atom. The standard InChI is InChI=1S/C16H21N3O/c1-12(11-19-10-9-17-14(19)3)16(20)18-13(2)15-7-5-4-6-8-15/h4-10,12-13H,11H2,1-3H3,(H,18,20)/t12-,13+/m1/s1. The molecule has 1 amide bonds. The van der Waals surface area contributed by atoms with Gasteiger partial charge in [-0.15, -0.1) is 0 Å². The lowest BCUT2D eigenvalue weighted by atomic mass is 10.1. The minimum absolute atomic E-state index is 0.0232. The number of amides is 1. The maximum absolute atomic E-state index is 12.2. The van der Waals surface area contributed by atoms with E-state index >= 15 is 0 Å². The second kappa shape index (κ2) is 6.37. The van der Waals surface area contributed by atoms with Crippen LogP contribution >= 0.6 is 0 Å². The fourth-order valence-electron chi connectivity index (χ4n) is 2.16. The number of carbonyl (C=O) groups is 1. The highest BCUT2D eigenvalue weighted by molar-refractivity contribution is 5.78. The summed E-state index contributed by atoms with van der Waals surface area (Å²) < 4.78 is 2.00. The maximum atomic E-state index is 12.2. The molecule has 0 bridgehead atoms. The van der Waals surface area contributed by atoms with E-state index in [4.69, 9.17) is 0 Å². The Kier molecular flexibility index (Phi) is 4.56. The third kappa shape index (κ3) is 3.47. The van der Waals surface area contributed by atoms with E-state index in [1.165, 1.54) is 0 Å². The number of hydrogen-bond acceptors (Lipinski definition) is 2. The van der Waals surface area contributed by atoms with Gasteiger partial charge in [-0.1, -0.05) is 37.3 Å². The van der Waals surface area contributed by atoms with Gasteiger partial charge in [-0.25, -0.2) is 4.98 Å². The van der Waals surface area contributed by atoms with Gasteiger partial charge >= 0.3 is 0 Å². The molecule has 0 radical (unpaired) electrons. The van der Waals surface area contributed by atoms with Crippen LogP contribution in [0.15, 0.2) is 42.7 Å². The number of hydrogen-bond donors (Lipinski definition) is 1. The summed E-state index contributed by atoms with van der Waals surface area (Å²) in [4.78, 5) is 16.4. The van der Waals surface area contributed by atoms with E-state index in [-0.39, 0.29) is 17.9 Å². The van der Waals surface area contributed by atoms with Gasteiger partial charge in [-0.2, -0.15) is 0 Å². The van der Waals surface area contributed by atoms with Crippen LogP contribution in [-0.4, -0.2) is 15.5 Å². The molecule has 2 aromatic rings. The van der Waals surface area contributed by atoms with E-state index in [0.29, 0.717) is 6.54 Å².